The molecule has 0 spiro atoms. The first kappa shape index (κ1) is 16.9. The fraction of sp³-hybridized carbons (Fsp3) is 1.00. The molecule has 0 unspecified atom stereocenters. The first-order valence-electron chi connectivity index (χ1n) is 6.85. The van der Waals surface area contributed by atoms with E-state index in [2.05, 4.69) is 62.3 Å². The third kappa shape index (κ3) is 3.69. The molecule has 0 radical (unpaired) electrons. The van der Waals surface area contributed by atoms with Crippen LogP contribution in [-0.2, 0) is 0 Å². The fourth-order valence-electron chi connectivity index (χ4n) is 2.93. The van der Waals surface area contributed by atoms with Gasteiger partial charge in [-0.3, -0.25) is 0 Å². The van der Waals surface area contributed by atoms with E-state index >= 15 is 0 Å². The van der Waals surface area contributed by atoms with Crippen LogP contribution in [0.5, 0.6) is 0 Å². The van der Waals surface area contributed by atoms with E-state index in [1.165, 1.54) is 19.3 Å². The Morgan fingerprint density at radius 3 is 0.875 bits per heavy atom. The molecule has 0 saturated heterocycles. The van der Waals surface area contributed by atoms with Gasteiger partial charge in [0, 0.05) is 0 Å². The SMILES string of the molecule is CC[C](C)(C)[Bi]([C](C)(C)CC)[C](C)(C)CC. The van der Waals surface area contributed by atoms with Crippen molar-refractivity contribution in [3.05, 3.63) is 0 Å². The molecule has 0 heterocycles. The van der Waals surface area contributed by atoms with E-state index in [4.69, 9.17) is 0 Å². The minimum absolute atomic E-state index is 0.633. The van der Waals surface area contributed by atoms with Gasteiger partial charge in [0.2, 0.25) is 0 Å². The van der Waals surface area contributed by atoms with E-state index in [0.717, 1.165) is 0 Å². The summed E-state index contributed by atoms with van der Waals surface area (Å²) >= 11 is -1.62. The van der Waals surface area contributed by atoms with Gasteiger partial charge in [-0.15, -0.1) is 0 Å². The first-order valence-corrected chi connectivity index (χ1v) is 12.1. The number of hydrogen-bond donors (Lipinski definition) is 0. The second kappa shape index (κ2) is 5.68. The molecule has 16 heavy (non-hydrogen) atoms. The maximum atomic E-state index is 2.54. The Morgan fingerprint density at radius 1 is 0.562 bits per heavy atom. The van der Waals surface area contributed by atoms with Gasteiger partial charge in [-0.1, -0.05) is 0 Å². The third-order valence-electron chi connectivity index (χ3n) is 4.41. The molecule has 0 bridgehead atoms. The van der Waals surface area contributed by atoms with Crippen molar-refractivity contribution in [2.24, 2.45) is 0 Å². The molecule has 0 nitrogen and oxygen atoms in total. The minimum atomic E-state index is -1.62. The van der Waals surface area contributed by atoms with Crippen molar-refractivity contribution in [3.8, 4) is 0 Å². The summed E-state index contributed by atoms with van der Waals surface area (Å²) < 4.78 is 1.90. The zero-order chi connectivity index (χ0) is 13.2. The van der Waals surface area contributed by atoms with Gasteiger partial charge in [0.1, 0.15) is 0 Å². The monoisotopic (exact) mass is 422 g/mol. The summed E-state index contributed by atoms with van der Waals surface area (Å²) in [5.41, 5.74) is 0. The van der Waals surface area contributed by atoms with Crippen molar-refractivity contribution >= 4 is 21.8 Å². The summed E-state index contributed by atoms with van der Waals surface area (Å²) in [5, 5.41) is 0. The third-order valence-corrected chi connectivity index (χ3v) is 22.2. The van der Waals surface area contributed by atoms with Crippen molar-refractivity contribution in [2.75, 3.05) is 0 Å². The summed E-state index contributed by atoms with van der Waals surface area (Å²) in [6.45, 7) is 22.4. The molecule has 0 amide bonds. The van der Waals surface area contributed by atoms with Gasteiger partial charge in [0.15, 0.2) is 0 Å². The quantitative estimate of drug-likeness (QED) is 0.457. The topological polar surface area (TPSA) is 0 Å². The van der Waals surface area contributed by atoms with Crippen molar-refractivity contribution in [1.29, 1.82) is 0 Å². The predicted molar refractivity (Wildman–Crippen MR) is 78.8 cm³/mol. The van der Waals surface area contributed by atoms with Crippen LogP contribution >= 0.6 is 0 Å². The zero-order valence-corrected chi connectivity index (χ0v) is 16.5. The van der Waals surface area contributed by atoms with Crippen LogP contribution in [0.3, 0.4) is 0 Å². The van der Waals surface area contributed by atoms with Gasteiger partial charge in [0.25, 0.3) is 0 Å². The molecule has 1 heteroatoms. The Kier molecular flexibility index (Phi) is 6.00. The Labute approximate surface area is 112 Å². The summed E-state index contributed by atoms with van der Waals surface area (Å²) in [6.07, 6.45) is 4.08. The molecule has 0 atom stereocenters. The van der Waals surface area contributed by atoms with E-state index in [0.29, 0.717) is 9.37 Å². The van der Waals surface area contributed by atoms with Gasteiger partial charge in [-0.25, -0.2) is 0 Å². The average molecular weight is 422 g/mol. The molecule has 0 aliphatic heterocycles. The second-order valence-corrected chi connectivity index (χ2v) is 23.6. The van der Waals surface area contributed by atoms with E-state index in [1.807, 2.05) is 0 Å². The van der Waals surface area contributed by atoms with Crippen LogP contribution in [0.4, 0.5) is 0 Å². The average Bonchev–Trinajstić information content (AvgIpc) is 2.16. The molecule has 0 saturated carbocycles. The van der Waals surface area contributed by atoms with Crippen LogP contribution < -0.4 is 0 Å². The normalized spacial score (nSPS) is 14.6. The maximum absolute atomic E-state index is 2.54. The van der Waals surface area contributed by atoms with Crippen LogP contribution in [0.2, 0.25) is 9.37 Å². The van der Waals surface area contributed by atoms with Crippen molar-refractivity contribution < 1.29 is 0 Å². The number of hydrogen-bond acceptors (Lipinski definition) is 0. The summed E-state index contributed by atoms with van der Waals surface area (Å²) in [7, 11) is 0. The van der Waals surface area contributed by atoms with Crippen LogP contribution in [0.25, 0.3) is 0 Å². The van der Waals surface area contributed by atoms with E-state index in [1.54, 1.807) is 0 Å². The standard InChI is InChI=1S/3C5H11.Bi/c3*1-4-5(2)3;/h3*4H2,1-3H3;. The molecule has 0 aromatic carbocycles. The molecular weight excluding hydrogens is 389 g/mol. The van der Waals surface area contributed by atoms with Gasteiger partial charge >= 0.3 is 113 Å². The molecule has 0 rings (SSSR count). The Morgan fingerprint density at radius 2 is 0.750 bits per heavy atom. The molecule has 0 aromatic heterocycles. The van der Waals surface area contributed by atoms with Crippen LogP contribution in [0, 0.1) is 0 Å². The Bertz CT molecular complexity index is 175. The fourth-order valence-corrected chi connectivity index (χ4v) is 25.7. The van der Waals surface area contributed by atoms with E-state index in [-0.39, 0.29) is 0 Å². The van der Waals surface area contributed by atoms with E-state index < -0.39 is 21.8 Å². The van der Waals surface area contributed by atoms with Crippen molar-refractivity contribution in [2.45, 2.75) is 90.9 Å². The molecule has 98 valence electrons. The summed E-state index contributed by atoms with van der Waals surface area (Å²) in [4.78, 5) is 0. The molecule has 0 aromatic rings. The second-order valence-electron chi connectivity index (χ2n) is 6.83. The zero-order valence-electron chi connectivity index (χ0n) is 13.1. The summed E-state index contributed by atoms with van der Waals surface area (Å²) in [5.74, 6) is 0. The predicted octanol–water partition coefficient (Wildman–Crippen LogP) is 6.05. The van der Waals surface area contributed by atoms with Gasteiger partial charge < -0.3 is 0 Å². The van der Waals surface area contributed by atoms with Gasteiger partial charge in [-0.2, -0.15) is 0 Å². The first-order chi connectivity index (χ1) is 7.05. The van der Waals surface area contributed by atoms with Crippen LogP contribution in [-0.4, -0.2) is 21.8 Å². The van der Waals surface area contributed by atoms with Gasteiger partial charge in [-0.05, 0) is 0 Å². The Hall–Kier alpha value is 0.883. The summed E-state index contributed by atoms with van der Waals surface area (Å²) in [6, 6.07) is 0. The van der Waals surface area contributed by atoms with Crippen molar-refractivity contribution in [1.82, 2.24) is 0 Å². The van der Waals surface area contributed by atoms with Crippen LogP contribution in [0.1, 0.15) is 81.6 Å². The Balaban J connectivity index is 5.40. The van der Waals surface area contributed by atoms with Crippen LogP contribution in [0.15, 0.2) is 0 Å². The molecule has 0 aliphatic carbocycles. The molecule has 0 N–H and O–H groups in total. The molecule has 0 aliphatic rings. The molecular formula is C15H33Bi. The number of rotatable bonds is 6. The van der Waals surface area contributed by atoms with E-state index in [9.17, 15) is 0 Å². The molecule has 0 fully saturated rings. The van der Waals surface area contributed by atoms with Crippen molar-refractivity contribution in [3.63, 3.8) is 0 Å². The van der Waals surface area contributed by atoms with Gasteiger partial charge in [0.05, 0.1) is 0 Å².